The first kappa shape index (κ1) is 21.3. The van der Waals surface area contributed by atoms with E-state index in [0.717, 1.165) is 16.5 Å². The lowest BCUT2D eigenvalue weighted by Gasteiger charge is -2.12. The molecule has 5 nitrogen and oxygen atoms in total. The van der Waals surface area contributed by atoms with E-state index in [1.54, 1.807) is 42.6 Å². The summed E-state index contributed by atoms with van der Waals surface area (Å²) in [5.74, 6) is -0.105. The number of hydrogen-bond acceptors (Lipinski definition) is 4. The first-order valence-corrected chi connectivity index (χ1v) is 10.9. The van der Waals surface area contributed by atoms with Crippen LogP contribution in [0.5, 0.6) is 5.75 Å². The molecule has 0 amide bonds. The standard InChI is InChI=1S/C26H17Cl2NO4/c1-14-10-23-18(11-20(14)28)24(31)26(25(33-23)15-6-8-16(27)9-7-15)32-13-22(30)19-12-29-21-5-3-2-4-17(19)21/h2-12,29H,13H2,1H3. The third-order valence-electron chi connectivity index (χ3n) is 5.47. The van der Waals surface area contributed by atoms with Gasteiger partial charge in [0.15, 0.2) is 12.4 Å². The third kappa shape index (κ3) is 3.90. The smallest absolute Gasteiger partial charge is 0.235 e. The number of H-pyrrole nitrogens is 1. The highest BCUT2D eigenvalue weighted by molar-refractivity contribution is 6.32. The maximum Gasteiger partial charge on any atom is 0.235 e. The van der Waals surface area contributed by atoms with Gasteiger partial charge in [-0.25, -0.2) is 0 Å². The molecule has 0 aliphatic rings. The molecule has 0 spiro atoms. The van der Waals surface area contributed by atoms with E-state index in [9.17, 15) is 9.59 Å². The maximum atomic E-state index is 13.4. The Balaban J connectivity index is 1.59. The first-order valence-electron chi connectivity index (χ1n) is 10.2. The van der Waals surface area contributed by atoms with Crippen LogP contribution in [0.3, 0.4) is 0 Å². The van der Waals surface area contributed by atoms with E-state index in [1.807, 2.05) is 31.2 Å². The quantitative estimate of drug-likeness (QED) is 0.282. The minimum atomic E-state index is -0.408. The Morgan fingerprint density at radius 1 is 1.03 bits per heavy atom. The number of carbonyl (C=O) groups excluding carboxylic acids is 1. The monoisotopic (exact) mass is 477 g/mol. The molecule has 0 unspecified atom stereocenters. The molecule has 33 heavy (non-hydrogen) atoms. The number of ketones is 1. The number of ether oxygens (including phenoxy) is 1. The number of fused-ring (bicyclic) bond motifs is 2. The molecule has 1 N–H and O–H groups in total. The molecule has 0 bridgehead atoms. The minimum absolute atomic E-state index is 0.0575. The van der Waals surface area contributed by atoms with Crippen molar-refractivity contribution in [2.45, 2.75) is 6.92 Å². The fraction of sp³-hybridized carbons (Fsp3) is 0.0769. The fourth-order valence-electron chi connectivity index (χ4n) is 3.74. The first-order chi connectivity index (χ1) is 15.9. The number of aromatic nitrogens is 1. The summed E-state index contributed by atoms with van der Waals surface area (Å²) in [7, 11) is 0. The molecular formula is C26H17Cl2NO4. The third-order valence-corrected chi connectivity index (χ3v) is 6.13. The molecule has 0 aliphatic carbocycles. The maximum absolute atomic E-state index is 13.4. The van der Waals surface area contributed by atoms with Crippen LogP contribution in [0.15, 0.2) is 76.1 Å². The Kier molecular flexibility index (Phi) is 5.44. The molecule has 0 radical (unpaired) electrons. The summed E-state index contributed by atoms with van der Waals surface area (Å²) in [4.78, 5) is 29.4. The topological polar surface area (TPSA) is 72.3 Å². The highest BCUT2D eigenvalue weighted by atomic mass is 35.5. The van der Waals surface area contributed by atoms with Crippen molar-refractivity contribution in [2.75, 3.05) is 6.61 Å². The Morgan fingerprint density at radius 3 is 2.58 bits per heavy atom. The van der Waals surface area contributed by atoms with E-state index in [-0.39, 0.29) is 29.3 Å². The average Bonchev–Trinajstić information content (AvgIpc) is 3.24. The zero-order valence-corrected chi connectivity index (χ0v) is 19.0. The van der Waals surface area contributed by atoms with Gasteiger partial charge in [0.25, 0.3) is 0 Å². The number of halogens is 2. The normalized spacial score (nSPS) is 11.2. The van der Waals surface area contributed by atoms with Crippen LogP contribution in [0.2, 0.25) is 10.0 Å². The molecule has 5 aromatic rings. The number of hydrogen-bond donors (Lipinski definition) is 1. The Bertz CT molecular complexity index is 1580. The van der Waals surface area contributed by atoms with E-state index in [0.29, 0.717) is 26.8 Å². The van der Waals surface area contributed by atoms with Crippen LogP contribution in [-0.2, 0) is 0 Å². The highest BCUT2D eigenvalue weighted by Crippen LogP contribution is 2.33. The number of benzene rings is 3. The van der Waals surface area contributed by atoms with Crippen LogP contribution in [0.4, 0.5) is 0 Å². The van der Waals surface area contributed by atoms with E-state index in [2.05, 4.69) is 4.98 Å². The van der Waals surface area contributed by atoms with Gasteiger partial charge in [-0.15, -0.1) is 0 Å². The Hall–Kier alpha value is -3.54. The fourth-order valence-corrected chi connectivity index (χ4v) is 4.03. The van der Waals surface area contributed by atoms with E-state index < -0.39 is 5.43 Å². The zero-order chi connectivity index (χ0) is 23.1. The van der Waals surface area contributed by atoms with Crippen LogP contribution in [-0.4, -0.2) is 17.4 Å². The van der Waals surface area contributed by atoms with Crippen molar-refractivity contribution in [3.63, 3.8) is 0 Å². The van der Waals surface area contributed by atoms with Gasteiger partial charge >= 0.3 is 0 Å². The molecule has 3 aromatic carbocycles. The van der Waals surface area contributed by atoms with Crippen LogP contribution < -0.4 is 10.2 Å². The van der Waals surface area contributed by atoms with Gasteiger partial charge in [-0.1, -0.05) is 41.4 Å². The van der Waals surface area contributed by atoms with Crippen LogP contribution in [0.25, 0.3) is 33.2 Å². The summed E-state index contributed by atoms with van der Waals surface area (Å²) in [6, 6.07) is 17.6. The van der Waals surface area contributed by atoms with Crippen LogP contribution >= 0.6 is 23.2 Å². The zero-order valence-electron chi connectivity index (χ0n) is 17.4. The van der Waals surface area contributed by atoms with Crippen molar-refractivity contribution in [3.05, 3.63) is 98.3 Å². The highest BCUT2D eigenvalue weighted by Gasteiger charge is 2.21. The van der Waals surface area contributed by atoms with Crippen molar-refractivity contribution in [1.82, 2.24) is 4.98 Å². The second-order valence-electron chi connectivity index (χ2n) is 7.65. The number of aryl methyl sites for hydroxylation is 1. The molecule has 164 valence electrons. The van der Waals surface area contributed by atoms with Gasteiger partial charge in [0, 0.05) is 38.3 Å². The van der Waals surface area contributed by atoms with Crippen molar-refractivity contribution in [1.29, 1.82) is 0 Å². The van der Waals surface area contributed by atoms with Crippen LogP contribution in [0, 0.1) is 6.92 Å². The van der Waals surface area contributed by atoms with Gasteiger partial charge < -0.3 is 14.1 Å². The summed E-state index contributed by atoms with van der Waals surface area (Å²) in [6.07, 6.45) is 1.64. The second kappa shape index (κ2) is 8.43. The summed E-state index contributed by atoms with van der Waals surface area (Å²) in [6.45, 7) is 1.49. The van der Waals surface area contributed by atoms with Gasteiger partial charge in [0.05, 0.1) is 5.39 Å². The number of Topliss-reactive ketones (excluding diaryl/α,β-unsaturated/α-hetero) is 1. The van der Waals surface area contributed by atoms with Gasteiger partial charge in [-0.3, -0.25) is 9.59 Å². The number of para-hydroxylation sites is 1. The lowest BCUT2D eigenvalue weighted by atomic mass is 10.1. The molecule has 7 heteroatoms. The Labute approximate surface area is 198 Å². The van der Waals surface area contributed by atoms with Crippen molar-refractivity contribution in [2.24, 2.45) is 0 Å². The number of aromatic amines is 1. The molecule has 5 rings (SSSR count). The lowest BCUT2D eigenvalue weighted by Crippen LogP contribution is -2.17. The van der Waals surface area contributed by atoms with Crippen molar-refractivity contribution >= 4 is 50.9 Å². The van der Waals surface area contributed by atoms with Crippen LogP contribution in [0.1, 0.15) is 15.9 Å². The Morgan fingerprint density at radius 2 is 1.79 bits per heavy atom. The summed E-state index contributed by atoms with van der Waals surface area (Å²) < 4.78 is 11.9. The molecule has 0 aliphatic heterocycles. The number of carbonyl (C=O) groups is 1. The van der Waals surface area contributed by atoms with E-state index >= 15 is 0 Å². The molecule has 2 heterocycles. The lowest BCUT2D eigenvalue weighted by molar-refractivity contribution is 0.0922. The number of rotatable bonds is 5. The largest absolute Gasteiger partial charge is 0.478 e. The summed E-state index contributed by atoms with van der Waals surface area (Å²) in [5.41, 5.74) is 2.68. The molecular weight excluding hydrogens is 461 g/mol. The number of nitrogens with one attached hydrogen (secondary N) is 1. The van der Waals surface area contributed by atoms with Gasteiger partial charge in [0.1, 0.15) is 5.58 Å². The predicted molar refractivity (Wildman–Crippen MR) is 131 cm³/mol. The SMILES string of the molecule is Cc1cc2oc(-c3ccc(Cl)cc3)c(OCC(=O)c3c[nH]c4ccccc34)c(=O)c2cc1Cl. The van der Waals surface area contributed by atoms with Gasteiger partial charge in [0.2, 0.25) is 17.0 Å². The van der Waals surface area contributed by atoms with Gasteiger partial charge in [-0.05, 0) is 55.0 Å². The minimum Gasteiger partial charge on any atom is -0.478 e. The van der Waals surface area contributed by atoms with Gasteiger partial charge in [-0.2, -0.15) is 0 Å². The molecule has 0 fully saturated rings. The van der Waals surface area contributed by atoms with E-state index in [4.69, 9.17) is 32.4 Å². The second-order valence-corrected chi connectivity index (χ2v) is 8.50. The van der Waals surface area contributed by atoms with Crippen molar-refractivity contribution in [3.8, 4) is 17.1 Å². The van der Waals surface area contributed by atoms with Crippen molar-refractivity contribution < 1.29 is 13.9 Å². The molecule has 2 aromatic heterocycles. The summed E-state index contributed by atoms with van der Waals surface area (Å²) >= 11 is 12.3. The predicted octanol–water partition coefficient (Wildman–Crippen LogP) is 6.82. The summed E-state index contributed by atoms with van der Waals surface area (Å²) in [5, 5.41) is 2.05. The van der Waals surface area contributed by atoms with E-state index in [1.165, 1.54) is 0 Å². The molecule has 0 saturated carbocycles. The molecule has 0 atom stereocenters. The average molecular weight is 478 g/mol. The molecule has 0 saturated heterocycles.